The number of carbonyl (C=O) groups excluding carboxylic acids is 1. The van der Waals surface area contributed by atoms with Gasteiger partial charge in [0.15, 0.2) is 0 Å². The summed E-state index contributed by atoms with van der Waals surface area (Å²) < 4.78 is 4.79. The Bertz CT molecular complexity index is 488. The summed E-state index contributed by atoms with van der Waals surface area (Å²) in [6, 6.07) is 5.39. The lowest BCUT2D eigenvalue weighted by Gasteiger charge is -2.25. The number of nitrogens with two attached hydrogens (primary N) is 1. The largest absolute Gasteiger partial charge is 0.465 e. The molecule has 2 rings (SSSR count). The first-order valence-electron chi connectivity index (χ1n) is 7.88. The Morgan fingerprint density at radius 3 is 2.90 bits per heavy atom. The molecule has 0 saturated carbocycles. The summed E-state index contributed by atoms with van der Waals surface area (Å²) in [5.74, 6) is 0.514. The number of esters is 1. The van der Waals surface area contributed by atoms with Gasteiger partial charge in [0.05, 0.1) is 24.0 Å². The molecular formula is C17H26N2O2. The number of nitrogens with zero attached hydrogens (tertiary/aromatic N) is 1. The van der Waals surface area contributed by atoms with Crippen LogP contribution in [-0.4, -0.2) is 26.2 Å². The molecule has 1 aliphatic heterocycles. The highest BCUT2D eigenvalue weighted by atomic mass is 16.5. The number of anilines is 2. The minimum absolute atomic E-state index is 0.310. The Kier molecular flexibility index (Phi) is 5.48. The molecule has 0 radical (unpaired) electrons. The maximum absolute atomic E-state index is 11.7. The van der Waals surface area contributed by atoms with Crippen LogP contribution >= 0.6 is 0 Å². The first-order chi connectivity index (χ1) is 10.2. The summed E-state index contributed by atoms with van der Waals surface area (Å²) in [5, 5.41) is 0. The lowest BCUT2D eigenvalue weighted by molar-refractivity contribution is 0.0601. The molecule has 0 aromatic heterocycles. The van der Waals surface area contributed by atoms with Gasteiger partial charge in [-0.05, 0) is 43.4 Å². The van der Waals surface area contributed by atoms with Crippen LogP contribution in [0.25, 0.3) is 0 Å². The minimum atomic E-state index is -0.310. The highest BCUT2D eigenvalue weighted by Crippen LogP contribution is 2.30. The van der Waals surface area contributed by atoms with Crippen LogP contribution in [0.4, 0.5) is 11.4 Å². The van der Waals surface area contributed by atoms with E-state index < -0.39 is 0 Å². The van der Waals surface area contributed by atoms with E-state index in [-0.39, 0.29) is 5.97 Å². The number of hydrogen-bond donors (Lipinski definition) is 1. The Hall–Kier alpha value is -1.71. The van der Waals surface area contributed by atoms with E-state index in [0.29, 0.717) is 5.56 Å². The van der Waals surface area contributed by atoms with Crippen LogP contribution < -0.4 is 10.6 Å². The molecule has 0 aliphatic carbocycles. The van der Waals surface area contributed by atoms with Crippen LogP contribution in [0.3, 0.4) is 0 Å². The predicted molar refractivity (Wildman–Crippen MR) is 86.7 cm³/mol. The van der Waals surface area contributed by atoms with Gasteiger partial charge in [0, 0.05) is 13.1 Å². The average Bonchev–Trinajstić information content (AvgIpc) is 2.73. The van der Waals surface area contributed by atoms with E-state index in [1.54, 1.807) is 12.1 Å². The summed E-state index contributed by atoms with van der Waals surface area (Å²) in [4.78, 5) is 14.0. The summed E-state index contributed by atoms with van der Waals surface area (Å²) in [7, 11) is 1.40. The van der Waals surface area contributed by atoms with E-state index in [1.165, 1.54) is 39.2 Å². The van der Waals surface area contributed by atoms with Gasteiger partial charge >= 0.3 is 5.97 Å². The van der Waals surface area contributed by atoms with Crippen LogP contribution in [0.15, 0.2) is 18.2 Å². The average molecular weight is 290 g/mol. The van der Waals surface area contributed by atoms with Gasteiger partial charge in [-0.3, -0.25) is 0 Å². The number of nitrogen functional groups attached to an aromatic ring is 1. The summed E-state index contributed by atoms with van der Waals surface area (Å²) in [6.07, 6.45) is 6.25. The first kappa shape index (κ1) is 15.7. The van der Waals surface area contributed by atoms with Gasteiger partial charge < -0.3 is 15.4 Å². The molecule has 0 spiro atoms. The van der Waals surface area contributed by atoms with Crippen molar-refractivity contribution >= 4 is 17.3 Å². The molecule has 1 atom stereocenters. The van der Waals surface area contributed by atoms with Crippen molar-refractivity contribution in [3.05, 3.63) is 23.8 Å². The van der Waals surface area contributed by atoms with Gasteiger partial charge in [0.1, 0.15) is 0 Å². The zero-order valence-electron chi connectivity index (χ0n) is 13.1. The molecule has 1 aromatic carbocycles. The second-order valence-electron chi connectivity index (χ2n) is 5.84. The monoisotopic (exact) mass is 290 g/mol. The molecule has 21 heavy (non-hydrogen) atoms. The zero-order chi connectivity index (χ0) is 15.2. The molecule has 4 nitrogen and oxygen atoms in total. The number of benzene rings is 1. The molecule has 2 N–H and O–H groups in total. The molecule has 1 saturated heterocycles. The van der Waals surface area contributed by atoms with Crippen LogP contribution in [0.1, 0.15) is 49.4 Å². The van der Waals surface area contributed by atoms with Crippen molar-refractivity contribution in [3.63, 3.8) is 0 Å². The van der Waals surface area contributed by atoms with E-state index in [1.807, 2.05) is 6.07 Å². The number of ether oxygens (including phenoxy) is 1. The van der Waals surface area contributed by atoms with Crippen molar-refractivity contribution in [1.82, 2.24) is 0 Å². The SMILES string of the molecule is CCCC1CCCN(c2cc(C(=O)OC)ccc2N)CC1. The second kappa shape index (κ2) is 7.34. The van der Waals surface area contributed by atoms with Gasteiger partial charge in [-0.1, -0.05) is 19.8 Å². The topological polar surface area (TPSA) is 55.6 Å². The van der Waals surface area contributed by atoms with Gasteiger partial charge in [-0.25, -0.2) is 4.79 Å². The van der Waals surface area contributed by atoms with Crippen molar-refractivity contribution in [2.24, 2.45) is 5.92 Å². The summed E-state index contributed by atoms with van der Waals surface area (Å²) >= 11 is 0. The molecule has 1 unspecified atom stereocenters. The molecule has 116 valence electrons. The van der Waals surface area contributed by atoms with Crippen LogP contribution in [0.5, 0.6) is 0 Å². The third-order valence-electron chi connectivity index (χ3n) is 4.34. The molecular weight excluding hydrogens is 264 g/mol. The highest BCUT2D eigenvalue weighted by Gasteiger charge is 2.19. The second-order valence-corrected chi connectivity index (χ2v) is 5.84. The van der Waals surface area contributed by atoms with E-state index in [2.05, 4.69) is 11.8 Å². The molecule has 0 amide bonds. The molecule has 4 heteroatoms. The lowest BCUT2D eigenvalue weighted by atomic mass is 9.96. The van der Waals surface area contributed by atoms with Crippen LogP contribution in [0.2, 0.25) is 0 Å². The third kappa shape index (κ3) is 3.90. The Morgan fingerprint density at radius 2 is 2.19 bits per heavy atom. The Morgan fingerprint density at radius 1 is 1.38 bits per heavy atom. The highest BCUT2D eigenvalue weighted by molar-refractivity contribution is 5.92. The third-order valence-corrected chi connectivity index (χ3v) is 4.34. The van der Waals surface area contributed by atoms with Crippen molar-refractivity contribution in [2.45, 2.75) is 39.0 Å². The maximum Gasteiger partial charge on any atom is 0.337 e. The van der Waals surface area contributed by atoms with Crippen molar-refractivity contribution in [2.75, 3.05) is 30.8 Å². The summed E-state index contributed by atoms with van der Waals surface area (Å²) in [6.45, 7) is 4.27. The van der Waals surface area contributed by atoms with Crippen molar-refractivity contribution < 1.29 is 9.53 Å². The fourth-order valence-electron chi connectivity index (χ4n) is 3.17. The van der Waals surface area contributed by atoms with E-state index in [4.69, 9.17) is 10.5 Å². The van der Waals surface area contributed by atoms with Gasteiger partial charge in [0.25, 0.3) is 0 Å². The van der Waals surface area contributed by atoms with Crippen LogP contribution in [-0.2, 0) is 4.74 Å². The Labute approximate surface area is 127 Å². The lowest BCUT2D eigenvalue weighted by Crippen LogP contribution is -2.25. The molecule has 1 aliphatic rings. The smallest absolute Gasteiger partial charge is 0.337 e. The number of carbonyl (C=O) groups is 1. The maximum atomic E-state index is 11.7. The minimum Gasteiger partial charge on any atom is -0.465 e. The van der Waals surface area contributed by atoms with Gasteiger partial charge in [-0.15, -0.1) is 0 Å². The van der Waals surface area contributed by atoms with Gasteiger partial charge in [0.2, 0.25) is 0 Å². The van der Waals surface area contributed by atoms with Crippen LogP contribution in [0, 0.1) is 5.92 Å². The first-order valence-corrected chi connectivity index (χ1v) is 7.88. The van der Waals surface area contributed by atoms with Crippen molar-refractivity contribution in [1.29, 1.82) is 0 Å². The fourth-order valence-corrected chi connectivity index (χ4v) is 3.17. The summed E-state index contributed by atoms with van der Waals surface area (Å²) in [5.41, 5.74) is 8.38. The Balaban J connectivity index is 2.15. The normalized spacial score (nSPS) is 19.1. The predicted octanol–water partition coefficient (Wildman–Crippen LogP) is 3.46. The standard InChI is InChI=1S/C17H26N2O2/c1-3-5-13-6-4-10-19(11-9-13)16-12-14(17(20)21-2)7-8-15(16)18/h7-8,12-13H,3-6,9-11,18H2,1-2H3. The molecule has 0 bridgehead atoms. The van der Waals surface area contributed by atoms with E-state index in [9.17, 15) is 4.79 Å². The molecule has 1 aromatic rings. The molecule has 1 fully saturated rings. The number of hydrogen-bond acceptors (Lipinski definition) is 4. The van der Waals surface area contributed by atoms with E-state index in [0.717, 1.165) is 30.4 Å². The number of methoxy groups -OCH3 is 1. The fraction of sp³-hybridized carbons (Fsp3) is 0.588. The quantitative estimate of drug-likeness (QED) is 0.681. The van der Waals surface area contributed by atoms with Crippen molar-refractivity contribution in [3.8, 4) is 0 Å². The number of rotatable bonds is 4. The van der Waals surface area contributed by atoms with Gasteiger partial charge in [-0.2, -0.15) is 0 Å². The van der Waals surface area contributed by atoms with E-state index >= 15 is 0 Å². The molecule has 1 heterocycles. The zero-order valence-corrected chi connectivity index (χ0v) is 13.1.